The molecule has 0 spiro atoms. The Labute approximate surface area is 111 Å². The van der Waals surface area contributed by atoms with Gasteiger partial charge in [-0.25, -0.2) is 8.78 Å². The second-order valence-electron chi connectivity index (χ2n) is 5.04. The number of benzene rings is 1. The van der Waals surface area contributed by atoms with Gasteiger partial charge in [0, 0.05) is 24.7 Å². The zero-order valence-corrected chi connectivity index (χ0v) is 10.9. The van der Waals surface area contributed by atoms with Crippen molar-refractivity contribution >= 4 is 5.91 Å². The summed E-state index contributed by atoms with van der Waals surface area (Å²) < 4.78 is 26.4. The van der Waals surface area contributed by atoms with Crippen LogP contribution in [0.1, 0.15) is 25.3 Å². The summed E-state index contributed by atoms with van der Waals surface area (Å²) in [5.41, 5.74) is 0.172. The Bertz CT molecular complexity index is 457. The molecule has 1 aromatic carbocycles. The van der Waals surface area contributed by atoms with Gasteiger partial charge in [-0.2, -0.15) is 0 Å². The molecule has 0 aliphatic carbocycles. The summed E-state index contributed by atoms with van der Waals surface area (Å²) >= 11 is 0. The van der Waals surface area contributed by atoms with Crippen molar-refractivity contribution in [2.24, 2.45) is 5.92 Å². The lowest BCUT2D eigenvalue weighted by Gasteiger charge is -2.26. The lowest BCUT2D eigenvalue weighted by molar-refractivity contribution is -0.125. The minimum atomic E-state index is -0.503. The van der Waals surface area contributed by atoms with Crippen LogP contribution in [0.15, 0.2) is 18.2 Å². The Hall–Kier alpha value is -1.49. The summed E-state index contributed by atoms with van der Waals surface area (Å²) in [5.74, 6) is -1.20. The average molecular weight is 268 g/mol. The molecule has 2 N–H and O–H groups in total. The van der Waals surface area contributed by atoms with E-state index in [0.717, 1.165) is 31.0 Å². The highest BCUT2D eigenvalue weighted by molar-refractivity contribution is 5.79. The molecule has 5 heteroatoms. The molecule has 1 aliphatic rings. The molecule has 3 nitrogen and oxygen atoms in total. The predicted molar refractivity (Wildman–Crippen MR) is 68.4 cm³/mol. The van der Waals surface area contributed by atoms with Crippen molar-refractivity contribution < 1.29 is 13.6 Å². The number of nitrogens with one attached hydrogen (secondary N) is 2. The molecule has 0 radical (unpaired) electrons. The summed E-state index contributed by atoms with van der Waals surface area (Å²) in [5, 5.41) is 5.90. The van der Waals surface area contributed by atoms with Crippen molar-refractivity contribution in [2.45, 2.75) is 32.4 Å². The van der Waals surface area contributed by atoms with E-state index in [9.17, 15) is 13.6 Å². The van der Waals surface area contributed by atoms with E-state index < -0.39 is 11.6 Å². The Balaban J connectivity index is 1.88. The third-order valence-electron chi connectivity index (χ3n) is 3.49. The van der Waals surface area contributed by atoms with Crippen LogP contribution in [0, 0.1) is 17.6 Å². The first-order valence-corrected chi connectivity index (χ1v) is 6.51. The Morgan fingerprint density at radius 1 is 1.42 bits per heavy atom. The molecule has 2 atom stereocenters. The lowest BCUT2D eigenvalue weighted by Crippen LogP contribution is -2.43. The molecule has 0 saturated carbocycles. The largest absolute Gasteiger partial charge is 0.352 e. The standard InChI is InChI=1S/C14H18F2N2O/c1-9-2-3-10(7-17-9)14(19)18-8-11-6-12(15)4-5-13(11)16/h4-6,9-10,17H,2-3,7-8H2,1H3,(H,18,19). The number of halogens is 2. The summed E-state index contributed by atoms with van der Waals surface area (Å²) in [6, 6.07) is 3.68. The fourth-order valence-electron chi connectivity index (χ4n) is 2.23. The van der Waals surface area contributed by atoms with E-state index in [1.165, 1.54) is 0 Å². The molecule has 1 aliphatic heterocycles. The summed E-state index contributed by atoms with van der Waals surface area (Å²) in [4.78, 5) is 11.9. The van der Waals surface area contributed by atoms with Crippen LogP contribution < -0.4 is 10.6 Å². The first-order valence-electron chi connectivity index (χ1n) is 6.51. The third-order valence-corrected chi connectivity index (χ3v) is 3.49. The second-order valence-corrected chi connectivity index (χ2v) is 5.04. The molecule has 1 fully saturated rings. The third kappa shape index (κ3) is 3.73. The molecule has 19 heavy (non-hydrogen) atoms. The number of piperidine rings is 1. The van der Waals surface area contributed by atoms with E-state index in [-0.39, 0.29) is 23.9 Å². The van der Waals surface area contributed by atoms with Gasteiger partial charge in [0.05, 0.1) is 5.92 Å². The highest BCUT2D eigenvalue weighted by atomic mass is 19.1. The smallest absolute Gasteiger partial charge is 0.224 e. The van der Waals surface area contributed by atoms with Crippen molar-refractivity contribution in [2.75, 3.05) is 6.54 Å². The van der Waals surface area contributed by atoms with Crippen LogP contribution in [0.4, 0.5) is 8.78 Å². The Morgan fingerprint density at radius 3 is 2.89 bits per heavy atom. The van der Waals surface area contributed by atoms with Crippen molar-refractivity contribution in [1.29, 1.82) is 0 Å². The van der Waals surface area contributed by atoms with Crippen LogP contribution in [0.3, 0.4) is 0 Å². The van der Waals surface area contributed by atoms with Crippen molar-refractivity contribution in [1.82, 2.24) is 10.6 Å². The monoisotopic (exact) mass is 268 g/mol. The maximum atomic E-state index is 13.4. The first kappa shape index (κ1) is 13.9. The zero-order chi connectivity index (χ0) is 13.8. The van der Waals surface area contributed by atoms with Crippen LogP contribution in [-0.4, -0.2) is 18.5 Å². The number of rotatable bonds is 3. The lowest BCUT2D eigenvalue weighted by atomic mass is 9.95. The molecule has 2 unspecified atom stereocenters. The molecule has 1 saturated heterocycles. The Morgan fingerprint density at radius 2 is 2.21 bits per heavy atom. The Kier molecular flexibility index (Phi) is 4.47. The number of hydrogen-bond acceptors (Lipinski definition) is 2. The minimum absolute atomic E-state index is 0.0223. The summed E-state index contributed by atoms with van der Waals surface area (Å²) in [6.45, 7) is 2.74. The van der Waals surface area contributed by atoms with Gasteiger partial charge in [-0.15, -0.1) is 0 Å². The number of carbonyl (C=O) groups excluding carboxylic acids is 1. The van der Waals surface area contributed by atoms with Crippen molar-refractivity contribution in [3.63, 3.8) is 0 Å². The van der Waals surface area contributed by atoms with E-state index >= 15 is 0 Å². The van der Waals surface area contributed by atoms with Gasteiger partial charge in [-0.3, -0.25) is 4.79 Å². The highest BCUT2D eigenvalue weighted by Gasteiger charge is 2.23. The van der Waals surface area contributed by atoms with Gasteiger partial charge in [0.1, 0.15) is 11.6 Å². The highest BCUT2D eigenvalue weighted by Crippen LogP contribution is 2.15. The number of carbonyl (C=O) groups is 1. The molecular weight excluding hydrogens is 250 g/mol. The topological polar surface area (TPSA) is 41.1 Å². The predicted octanol–water partition coefficient (Wildman–Crippen LogP) is 1.97. The second kappa shape index (κ2) is 6.10. The molecular formula is C14H18F2N2O. The van der Waals surface area contributed by atoms with Crippen LogP contribution in [0.2, 0.25) is 0 Å². The molecule has 2 rings (SSSR count). The number of hydrogen-bond donors (Lipinski definition) is 2. The van der Waals surface area contributed by atoms with E-state index in [4.69, 9.17) is 0 Å². The van der Waals surface area contributed by atoms with Gasteiger partial charge in [0.25, 0.3) is 0 Å². The number of amides is 1. The molecule has 1 amide bonds. The maximum absolute atomic E-state index is 13.4. The summed E-state index contributed by atoms with van der Waals surface area (Å²) in [6.07, 6.45) is 1.78. The van der Waals surface area contributed by atoms with Crippen LogP contribution in [-0.2, 0) is 11.3 Å². The SMILES string of the molecule is CC1CCC(C(=O)NCc2cc(F)ccc2F)CN1. The van der Waals surface area contributed by atoms with Gasteiger partial charge in [-0.1, -0.05) is 0 Å². The van der Waals surface area contributed by atoms with Crippen LogP contribution >= 0.6 is 0 Å². The van der Waals surface area contributed by atoms with Crippen molar-refractivity contribution in [3.8, 4) is 0 Å². The van der Waals surface area contributed by atoms with Gasteiger partial charge in [0.15, 0.2) is 0 Å². The van der Waals surface area contributed by atoms with Crippen LogP contribution in [0.5, 0.6) is 0 Å². The van der Waals surface area contributed by atoms with Gasteiger partial charge in [-0.05, 0) is 38.0 Å². The van der Waals surface area contributed by atoms with E-state index in [1.54, 1.807) is 0 Å². The fraction of sp³-hybridized carbons (Fsp3) is 0.500. The molecule has 0 aromatic heterocycles. The van der Waals surface area contributed by atoms with E-state index in [0.29, 0.717) is 12.6 Å². The van der Waals surface area contributed by atoms with Crippen molar-refractivity contribution in [3.05, 3.63) is 35.4 Å². The molecule has 0 bridgehead atoms. The minimum Gasteiger partial charge on any atom is -0.352 e. The quantitative estimate of drug-likeness (QED) is 0.880. The molecule has 1 heterocycles. The van der Waals surface area contributed by atoms with Gasteiger partial charge >= 0.3 is 0 Å². The normalized spacial score (nSPS) is 23.1. The average Bonchev–Trinajstić information content (AvgIpc) is 2.40. The summed E-state index contributed by atoms with van der Waals surface area (Å²) in [7, 11) is 0. The zero-order valence-electron chi connectivity index (χ0n) is 10.9. The fourth-order valence-corrected chi connectivity index (χ4v) is 2.23. The maximum Gasteiger partial charge on any atom is 0.224 e. The van der Waals surface area contributed by atoms with E-state index in [1.807, 2.05) is 0 Å². The van der Waals surface area contributed by atoms with Gasteiger partial charge in [0.2, 0.25) is 5.91 Å². The molecule has 1 aromatic rings. The first-order chi connectivity index (χ1) is 9.06. The van der Waals surface area contributed by atoms with Crippen LogP contribution in [0.25, 0.3) is 0 Å². The molecule has 104 valence electrons. The van der Waals surface area contributed by atoms with E-state index in [2.05, 4.69) is 17.6 Å². The van der Waals surface area contributed by atoms with Gasteiger partial charge < -0.3 is 10.6 Å².